The van der Waals surface area contributed by atoms with Crippen molar-refractivity contribution >= 4 is 12.1 Å². The molecule has 0 radical (unpaired) electrons. The van der Waals surface area contributed by atoms with Crippen LogP contribution in [0.4, 0.5) is 0 Å². The van der Waals surface area contributed by atoms with E-state index in [1.807, 2.05) is 0 Å². The van der Waals surface area contributed by atoms with E-state index in [4.69, 9.17) is 4.74 Å². The zero-order chi connectivity index (χ0) is 8.27. The van der Waals surface area contributed by atoms with Gasteiger partial charge in [0.05, 0.1) is 0 Å². The molecule has 0 spiro atoms. The van der Waals surface area contributed by atoms with Crippen LogP contribution in [0, 0.1) is 0 Å². The highest BCUT2D eigenvalue weighted by Crippen LogP contribution is 2.10. The Hall–Kier alpha value is -1.22. The van der Waals surface area contributed by atoms with E-state index in [2.05, 4.69) is 0 Å². The fourth-order valence-corrected chi connectivity index (χ4v) is 0.946. The highest BCUT2D eigenvalue weighted by Gasteiger charge is 2.21. The number of carbonyl (C=O) groups is 2. The Labute approximate surface area is 64.3 Å². The Kier molecular flexibility index (Phi) is 2.33. The molecule has 0 aliphatic heterocycles. The topological polar surface area (TPSA) is 43.4 Å². The van der Waals surface area contributed by atoms with Crippen molar-refractivity contribution in [3.05, 3.63) is 23.8 Å². The van der Waals surface area contributed by atoms with E-state index in [-0.39, 0.29) is 5.78 Å². The summed E-state index contributed by atoms with van der Waals surface area (Å²) in [6.07, 6.45) is 4.44. The van der Waals surface area contributed by atoms with Crippen LogP contribution in [0.15, 0.2) is 23.8 Å². The van der Waals surface area contributed by atoms with E-state index in [9.17, 15) is 9.59 Å². The first kappa shape index (κ1) is 7.88. The standard InChI is InChI=1S/C8H8O3/c1-11-8-6(5-9)3-2-4-7(8)10/h2-5,8H,1H3. The highest BCUT2D eigenvalue weighted by atomic mass is 16.5. The van der Waals surface area contributed by atoms with Crippen LogP contribution in [-0.2, 0) is 14.3 Å². The predicted octanol–water partition coefficient (Wildman–Crippen LogP) is 0.266. The van der Waals surface area contributed by atoms with Crippen LogP contribution >= 0.6 is 0 Å². The van der Waals surface area contributed by atoms with Crippen molar-refractivity contribution in [3.8, 4) is 0 Å². The second-order valence-electron chi connectivity index (χ2n) is 2.16. The summed E-state index contributed by atoms with van der Waals surface area (Å²) < 4.78 is 4.81. The molecule has 58 valence electrons. The molecule has 0 heterocycles. The van der Waals surface area contributed by atoms with Crippen LogP contribution in [0.2, 0.25) is 0 Å². The summed E-state index contributed by atoms with van der Waals surface area (Å²) in [4.78, 5) is 21.3. The van der Waals surface area contributed by atoms with Gasteiger partial charge in [-0.05, 0) is 6.08 Å². The lowest BCUT2D eigenvalue weighted by Crippen LogP contribution is -2.26. The van der Waals surface area contributed by atoms with E-state index in [1.54, 1.807) is 12.2 Å². The Balaban J connectivity index is 2.89. The van der Waals surface area contributed by atoms with Crippen molar-refractivity contribution < 1.29 is 14.3 Å². The molecule has 0 aromatic heterocycles. The lowest BCUT2D eigenvalue weighted by Gasteiger charge is -2.13. The molecule has 0 N–H and O–H groups in total. The number of rotatable bonds is 2. The molecule has 0 aromatic carbocycles. The molecule has 1 aliphatic rings. The molecule has 0 saturated heterocycles. The van der Waals surface area contributed by atoms with Crippen molar-refractivity contribution in [1.82, 2.24) is 0 Å². The summed E-state index contributed by atoms with van der Waals surface area (Å²) in [6.45, 7) is 0. The summed E-state index contributed by atoms with van der Waals surface area (Å²) in [5.74, 6) is -0.183. The maximum Gasteiger partial charge on any atom is 0.189 e. The number of aldehydes is 1. The summed E-state index contributed by atoms with van der Waals surface area (Å²) in [7, 11) is 1.40. The van der Waals surface area contributed by atoms with Crippen molar-refractivity contribution in [1.29, 1.82) is 0 Å². The molecule has 0 amide bonds. The first-order valence-electron chi connectivity index (χ1n) is 3.19. The van der Waals surface area contributed by atoms with Gasteiger partial charge in [0.25, 0.3) is 0 Å². The van der Waals surface area contributed by atoms with Gasteiger partial charge in [0, 0.05) is 12.7 Å². The normalized spacial score (nSPS) is 23.2. The molecule has 0 bridgehead atoms. The Morgan fingerprint density at radius 3 is 2.82 bits per heavy atom. The van der Waals surface area contributed by atoms with Gasteiger partial charge in [-0.2, -0.15) is 0 Å². The average Bonchev–Trinajstić information content (AvgIpc) is 2.04. The Morgan fingerprint density at radius 2 is 2.36 bits per heavy atom. The molecule has 1 rings (SSSR count). The van der Waals surface area contributed by atoms with Crippen LogP contribution in [0.25, 0.3) is 0 Å². The third-order valence-corrected chi connectivity index (χ3v) is 1.48. The molecule has 1 aliphatic carbocycles. The van der Waals surface area contributed by atoms with E-state index in [0.29, 0.717) is 11.9 Å². The van der Waals surface area contributed by atoms with E-state index >= 15 is 0 Å². The third-order valence-electron chi connectivity index (χ3n) is 1.48. The van der Waals surface area contributed by atoms with Gasteiger partial charge in [0.1, 0.15) is 12.4 Å². The van der Waals surface area contributed by atoms with Gasteiger partial charge in [0.2, 0.25) is 0 Å². The summed E-state index contributed by atoms with van der Waals surface area (Å²) in [5, 5.41) is 0. The monoisotopic (exact) mass is 152 g/mol. The van der Waals surface area contributed by atoms with Crippen LogP contribution < -0.4 is 0 Å². The maximum absolute atomic E-state index is 11.0. The molecule has 3 nitrogen and oxygen atoms in total. The molecule has 3 heteroatoms. The van der Waals surface area contributed by atoms with Crippen molar-refractivity contribution in [2.24, 2.45) is 0 Å². The van der Waals surface area contributed by atoms with Crippen LogP contribution in [0.3, 0.4) is 0 Å². The lowest BCUT2D eigenvalue weighted by molar-refractivity contribution is -0.123. The molecular weight excluding hydrogens is 144 g/mol. The van der Waals surface area contributed by atoms with Crippen LogP contribution in [0.1, 0.15) is 0 Å². The largest absolute Gasteiger partial charge is 0.368 e. The number of ketones is 1. The molecule has 1 unspecified atom stereocenters. The van der Waals surface area contributed by atoms with E-state index < -0.39 is 6.10 Å². The molecule has 1 atom stereocenters. The first-order valence-corrected chi connectivity index (χ1v) is 3.19. The molecule has 0 aromatic rings. The van der Waals surface area contributed by atoms with Crippen molar-refractivity contribution in [2.45, 2.75) is 6.10 Å². The SMILES string of the molecule is COC1C(=O)C=CC=C1C=O. The molecule has 0 fully saturated rings. The Bertz CT molecular complexity index is 238. The minimum Gasteiger partial charge on any atom is -0.368 e. The second kappa shape index (κ2) is 3.25. The first-order chi connectivity index (χ1) is 5.29. The van der Waals surface area contributed by atoms with Gasteiger partial charge in [-0.15, -0.1) is 0 Å². The predicted molar refractivity (Wildman–Crippen MR) is 39.1 cm³/mol. The number of hydrogen-bond acceptors (Lipinski definition) is 3. The van der Waals surface area contributed by atoms with Crippen LogP contribution in [-0.4, -0.2) is 25.3 Å². The highest BCUT2D eigenvalue weighted by molar-refractivity contribution is 6.02. The number of allylic oxidation sites excluding steroid dienone is 2. The van der Waals surface area contributed by atoms with Gasteiger partial charge in [0.15, 0.2) is 5.78 Å². The summed E-state index contributed by atoms with van der Waals surface area (Å²) in [6, 6.07) is 0. The lowest BCUT2D eigenvalue weighted by atomic mass is 10.0. The smallest absolute Gasteiger partial charge is 0.189 e. The fraction of sp³-hybridized carbons (Fsp3) is 0.250. The zero-order valence-corrected chi connectivity index (χ0v) is 6.11. The van der Waals surface area contributed by atoms with Gasteiger partial charge < -0.3 is 4.74 Å². The third kappa shape index (κ3) is 1.43. The van der Waals surface area contributed by atoms with E-state index in [1.165, 1.54) is 13.2 Å². The molecule has 11 heavy (non-hydrogen) atoms. The number of ether oxygens (including phenoxy) is 1. The number of methoxy groups -OCH3 is 1. The maximum atomic E-state index is 11.0. The minimum absolute atomic E-state index is 0.183. The zero-order valence-electron chi connectivity index (χ0n) is 6.11. The number of hydrogen-bond donors (Lipinski definition) is 0. The van der Waals surface area contributed by atoms with Gasteiger partial charge in [-0.3, -0.25) is 9.59 Å². The average molecular weight is 152 g/mol. The van der Waals surface area contributed by atoms with Crippen molar-refractivity contribution in [3.63, 3.8) is 0 Å². The minimum atomic E-state index is -0.697. The second-order valence-corrected chi connectivity index (χ2v) is 2.16. The molecular formula is C8H8O3. The number of carbonyl (C=O) groups excluding carboxylic acids is 2. The summed E-state index contributed by atoms with van der Waals surface area (Å²) in [5.41, 5.74) is 0.375. The van der Waals surface area contributed by atoms with Gasteiger partial charge >= 0.3 is 0 Å². The van der Waals surface area contributed by atoms with Crippen LogP contribution in [0.5, 0.6) is 0 Å². The van der Waals surface area contributed by atoms with Gasteiger partial charge in [-0.1, -0.05) is 12.2 Å². The van der Waals surface area contributed by atoms with Gasteiger partial charge in [-0.25, -0.2) is 0 Å². The quantitative estimate of drug-likeness (QED) is 0.533. The van der Waals surface area contributed by atoms with Crippen molar-refractivity contribution in [2.75, 3.05) is 7.11 Å². The van der Waals surface area contributed by atoms with E-state index in [0.717, 1.165) is 0 Å². The Morgan fingerprint density at radius 1 is 1.64 bits per heavy atom. The molecule has 0 saturated carbocycles. The fourth-order valence-electron chi connectivity index (χ4n) is 0.946. The summed E-state index contributed by atoms with van der Waals surface area (Å²) >= 11 is 0.